The Morgan fingerprint density at radius 1 is 1.26 bits per heavy atom. The van der Waals surface area contributed by atoms with Gasteiger partial charge in [-0.1, -0.05) is 19.8 Å². The van der Waals surface area contributed by atoms with Gasteiger partial charge in [-0.05, 0) is 52.4 Å². The van der Waals surface area contributed by atoms with Crippen molar-refractivity contribution in [3.05, 3.63) is 0 Å². The Bertz CT molecular complexity index is 396. The Kier molecular flexibility index (Phi) is 8.59. The van der Waals surface area contributed by atoms with E-state index in [9.17, 15) is 4.21 Å². The monoisotopic (exact) mass is 343 g/mol. The first kappa shape index (κ1) is 20.5. The van der Waals surface area contributed by atoms with Crippen molar-refractivity contribution in [1.82, 2.24) is 10.2 Å². The maximum Gasteiger partial charge on any atom is 0.193 e. The Labute approximate surface area is 146 Å². The van der Waals surface area contributed by atoms with Crippen LogP contribution in [0.15, 0.2) is 4.99 Å². The lowest BCUT2D eigenvalue weighted by atomic mass is 9.83. The molecule has 1 rings (SSSR count). The quantitative estimate of drug-likeness (QED) is 0.595. The predicted molar refractivity (Wildman–Crippen MR) is 102 cm³/mol. The first-order chi connectivity index (χ1) is 10.7. The van der Waals surface area contributed by atoms with Gasteiger partial charge in [-0.15, -0.1) is 0 Å². The van der Waals surface area contributed by atoms with E-state index in [4.69, 9.17) is 0 Å². The van der Waals surface area contributed by atoms with Crippen molar-refractivity contribution in [3.63, 3.8) is 0 Å². The normalized spacial score (nSPS) is 24.3. The topological polar surface area (TPSA) is 44.7 Å². The minimum Gasteiger partial charge on any atom is -0.357 e. The lowest BCUT2D eigenvalue weighted by Gasteiger charge is -2.31. The molecule has 1 N–H and O–H groups in total. The summed E-state index contributed by atoms with van der Waals surface area (Å²) in [5, 5.41) is 3.37. The van der Waals surface area contributed by atoms with Gasteiger partial charge in [-0.2, -0.15) is 0 Å². The lowest BCUT2D eigenvalue weighted by molar-refractivity contribution is 0.250. The van der Waals surface area contributed by atoms with Crippen LogP contribution in [0.1, 0.15) is 60.3 Å². The molecule has 136 valence electrons. The van der Waals surface area contributed by atoms with Gasteiger partial charge in [0.05, 0.1) is 6.54 Å². The number of rotatable bonds is 6. The highest BCUT2D eigenvalue weighted by atomic mass is 32.2. The molecule has 1 unspecified atom stereocenters. The van der Waals surface area contributed by atoms with E-state index in [-0.39, 0.29) is 4.75 Å². The van der Waals surface area contributed by atoms with E-state index in [1.54, 1.807) is 0 Å². The third-order valence-corrected chi connectivity index (χ3v) is 6.50. The van der Waals surface area contributed by atoms with E-state index in [1.807, 2.05) is 20.8 Å². The van der Waals surface area contributed by atoms with E-state index in [2.05, 4.69) is 36.1 Å². The highest BCUT2D eigenvalue weighted by molar-refractivity contribution is 7.86. The second kappa shape index (κ2) is 9.65. The van der Waals surface area contributed by atoms with Gasteiger partial charge in [0.2, 0.25) is 0 Å². The predicted octanol–water partition coefficient (Wildman–Crippen LogP) is 3.26. The summed E-state index contributed by atoms with van der Waals surface area (Å²) in [4.78, 5) is 6.94. The molecule has 0 aromatic rings. The van der Waals surface area contributed by atoms with Gasteiger partial charge in [0.15, 0.2) is 5.96 Å². The summed E-state index contributed by atoms with van der Waals surface area (Å²) >= 11 is 0. The van der Waals surface area contributed by atoms with Crippen LogP contribution in [0.3, 0.4) is 0 Å². The number of hydrogen-bond acceptors (Lipinski definition) is 2. The van der Waals surface area contributed by atoms with Gasteiger partial charge in [0, 0.05) is 41.4 Å². The molecule has 1 aliphatic rings. The summed E-state index contributed by atoms with van der Waals surface area (Å²) < 4.78 is 12.0. The van der Waals surface area contributed by atoms with Crippen molar-refractivity contribution in [2.45, 2.75) is 65.0 Å². The Morgan fingerprint density at radius 2 is 1.87 bits per heavy atom. The fourth-order valence-corrected chi connectivity index (χ4v) is 3.87. The van der Waals surface area contributed by atoms with E-state index >= 15 is 0 Å². The van der Waals surface area contributed by atoms with Crippen LogP contribution >= 0.6 is 0 Å². The molecule has 4 nitrogen and oxygen atoms in total. The molecule has 23 heavy (non-hydrogen) atoms. The molecule has 0 radical (unpaired) electrons. The van der Waals surface area contributed by atoms with Crippen LogP contribution < -0.4 is 5.32 Å². The molecular weight excluding hydrogens is 306 g/mol. The largest absolute Gasteiger partial charge is 0.357 e. The molecule has 0 aromatic carbocycles. The maximum absolute atomic E-state index is 12.1. The molecule has 0 aliphatic heterocycles. The van der Waals surface area contributed by atoms with Gasteiger partial charge in [-0.25, -0.2) is 0 Å². The average molecular weight is 344 g/mol. The van der Waals surface area contributed by atoms with E-state index < -0.39 is 10.8 Å². The third kappa shape index (κ3) is 7.69. The number of aliphatic imine (C=N–C) groups is 1. The average Bonchev–Trinajstić information content (AvgIpc) is 2.47. The number of hydrogen-bond donors (Lipinski definition) is 1. The molecule has 0 saturated heterocycles. The maximum atomic E-state index is 12.1. The molecule has 1 fully saturated rings. The van der Waals surface area contributed by atoms with Gasteiger partial charge in [0.25, 0.3) is 0 Å². The number of nitrogens with zero attached hydrogens (tertiary/aromatic N) is 2. The Morgan fingerprint density at radius 3 is 2.39 bits per heavy atom. The summed E-state index contributed by atoms with van der Waals surface area (Å²) in [6.45, 7) is 13.1. The SMILES string of the molecule is CCNC(=NCCS(=O)C(C)(C)C)N(C)CC1CCC(C)CC1. The van der Waals surface area contributed by atoms with Crippen LogP contribution in [0.2, 0.25) is 0 Å². The molecule has 1 saturated carbocycles. The standard InChI is InChI=1S/C18H37N3OS/c1-7-19-17(20-12-13-23(22)18(3,4)5)21(6)14-16-10-8-15(2)9-11-16/h15-16H,7-14H2,1-6H3,(H,19,20). The van der Waals surface area contributed by atoms with Gasteiger partial charge >= 0.3 is 0 Å². The number of nitrogens with one attached hydrogen (secondary N) is 1. The number of guanidine groups is 1. The molecule has 1 atom stereocenters. The smallest absolute Gasteiger partial charge is 0.193 e. The van der Waals surface area contributed by atoms with Crippen LogP contribution in [0.5, 0.6) is 0 Å². The van der Waals surface area contributed by atoms with E-state index in [0.29, 0.717) is 12.3 Å². The van der Waals surface area contributed by atoms with Gasteiger partial charge < -0.3 is 10.2 Å². The molecule has 0 spiro atoms. The highest BCUT2D eigenvalue weighted by Gasteiger charge is 2.21. The minimum atomic E-state index is -0.835. The van der Waals surface area contributed by atoms with Crippen molar-refractivity contribution in [1.29, 1.82) is 0 Å². The zero-order chi connectivity index (χ0) is 17.5. The van der Waals surface area contributed by atoms with Crippen molar-refractivity contribution >= 4 is 16.8 Å². The van der Waals surface area contributed by atoms with Crippen molar-refractivity contribution < 1.29 is 4.21 Å². The van der Waals surface area contributed by atoms with E-state index in [1.165, 1.54) is 25.7 Å². The molecule has 0 aromatic heterocycles. The highest BCUT2D eigenvalue weighted by Crippen LogP contribution is 2.28. The van der Waals surface area contributed by atoms with Crippen molar-refractivity contribution in [3.8, 4) is 0 Å². The summed E-state index contributed by atoms with van der Waals surface area (Å²) in [7, 11) is 1.29. The van der Waals surface area contributed by atoms with Crippen molar-refractivity contribution in [2.24, 2.45) is 16.8 Å². The molecule has 1 aliphatic carbocycles. The molecule has 0 heterocycles. The second-order valence-electron chi connectivity index (χ2n) is 7.90. The summed E-state index contributed by atoms with van der Waals surface area (Å²) in [6, 6.07) is 0. The molecule has 0 bridgehead atoms. The Hall–Kier alpha value is -0.580. The lowest BCUT2D eigenvalue weighted by Crippen LogP contribution is -2.42. The molecule has 0 amide bonds. The molecular formula is C18H37N3OS. The van der Waals surface area contributed by atoms with E-state index in [0.717, 1.165) is 30.9 Å². The zero-order valence-electron chi connectivity index (χ0n) is 16.0. The van der Waals surface area contributed by atoms with Crippen LogP contribution in [-0.4, -0.2) is 52.3 Å². The first-order valence-corrected chi connectivity index (χ1v) is 10.4. The molecule has 5 heteroatoms. The van der Waals surface area contributed by atoms with Gasteiger partial charge in [0.1, 0.15) is 0 Å². The second-order valence-corrected chi connectivity index (χ2v) is 10.2. The van der Waals surface area contributed by atoms with Gasteiger partial charge in [-0.3, -0.25) is 9.20 Å². The Balaban J connectivity index is 2.51. The fraction of sp³-hybridized carbons (Fsp3) is 0.944. The summed E-state index contributed by atoms with van der Waals surface area (Å²) in [5.41, 5.74) is 0. The summed E-state index contributed by atoms with van der Waals surface area (Å²) in [6.07, 6.45) is 5.38. The van der Waals surface area contributed by atoms with Crippen LogP contribution in [-0.2, 0) is 10.8 Å². The van der Waals surface area contributed by atoms with Crippen LogP contribution in [0.4, 0.5) is 0 Å². The first-order valence-electron chi connectivity index (χ1n) is 9.12. The van der Waals surface area contributed by atoms with Crippen LogP contribution in [0, 0.1) is 11.8 Å². The fourth-order valence-electron chi connectivity index (χ4n) is 3.00. The van der Waals surface area contributed by atoms with Crippen LogP contribution in [0.25, 0.3) is 0 Å². The minimum absolute atomic E-state index is 0.154. The third-order valence-electron chi connectivity index (χ3n) is 4.59. The van der Waals surface area contributed by atoms with Crippen molar-refractivity contribution in [2.75, 3.05) is 32.4 Å². The zero-order valence-corrected chi connectivity index (χ0v) is 16.8. The summed E-state index contributed by atoms with van der Waals surface area (Å²) in [5.74, 6) is 3.26.